The summed E-state index contributed by atoms with van der Waals surface area (Å²) in [6.45, 7) is 4.45. The lowest BCUT2D eigenvalue weighted by molar-refractivity contribution is 0.439. The second kappa shape index (κ2) is 5.15. The van der Waals surface area contributed by atoms with Crippen LogP contribution in [-0.4, -0.2) is 0 Å². The van der Waals surface area contributed by atoms with E-state index < -0.39 is 0 Å². The molecule has 0 aliphatic carbocycles. The van der Waals surface area contributed by atoms with Crippen LogP contribution in [0.3, 0.4) is 0 Å². The highest BCUT2D eigenvalue weighted by Gasteiger charge is 2.10. The molecule has 0 saturated carbocycles. The highest BCUT2D eigenvalue weighted by molar-refractivity contribution is 5.20. The summed E-state index contributed by atoms with van der Waals surface area (Å²) in [7, 11) is 0. The Morgan fingerprint density at radius 2 is 2.00 bits per heavy atom. The maximum absolute atomic E-state index is 13.5. The zero-order chi connectivity index (χ0) is 12.3. The smallest absolute Gasteiger partial charge is 0.127 e. The summed E-state index contributed by atoms with van der Waals surface area (Å²) in [4.78, 5) is 0. The molecule has 1 aromatic carbocycles. The van der Waals surface area contributed by atoms with Gasteiger partial charge >= 0.3 is 0 Å². The van der Waals surface area contributed by atoms with Crippen LogP contribution in [0.15, 0.2) is 40.8 Å². The fourth-order valence-corrected chi connectivity index (χ4v) is 1.77. The van der Waals surface area contributed by atoms with E-state index in [9.17, 15) is 4.39 Å². The molecule has 0 aliphatic rings. The molecule has 17 heavy (non-hydrogen) atoms. The fraction of sp³-hybridized carbons (Fsp3) is 0.286. The summed E-state index contributed by atoms with van der Waals surface area (Å²) in [6, 6.07) is 10.6. The van der Waals surface area contributed by atoms with E-state index in [1.165, 1.54) is 6.07 Å². The predicted molar refractivity (Wildman–Crippen MR) is 65.1 cm³/mol. The highest BCUT2D eigenvalue weighted by atomic mass is 19.1. The highest BCUT2D eigenvalue weighted by Crippen LogP contribution is 2.17. The van der Waals surface area contributed by atoms with Gasteiger partial charge in [0.15, 0.2) is 0 Å². The van der Waals surface area contributed by atoms with Gasteiger partial charge in [0.2, 0.25) is 0 Å². The van der Waals surface area contributed by atoms with Gasteiger partial charge in [0.1, 0.15) is 17.3 Å². The molecule has 0 radical (unpaired) electrons. The third-order valence-corrected chi connectivity index (χ3v) is 2.75. The van der Waals surface area contributed by atoms with Crippen LogP contribution in [-0.2, 0) is 6.54 Å². The van der Waals surface area contributed by atoms with E-state index in [-0.39, 0.29) is 11.9 Å². The molecule has 2 rings (SSSR count). The van der Waals surface area contributed by atoms with Crippen LogP contribution in [0, 0.1) is 12.7 Å². The first-order valence-corrected chi connectivity index (χ1v) is 5.70. The van der Waals surface area contributed by atoms with Crippen LogP contribution in [0.5, 0.6) is 0 Å². The molecule has 0 aliphatic heterocycles. The van der Waals surface area contributed by atoms with Crippen LogP contribution in [0.4, 0.5) is 4.39 Å². The number of rotatable bonds is 4. The molecule has 1 unspecified atom stereocenters. The number of furan rings is 1. The minimum atomic E-state index is -0.178. The zero-order valence-electron chi connectivity index (χ0n) is 10.0. The van der Waals surface area contributed by atoms with E-state index in [0.29, 0.717) is 12.1 Å². The Kier molecular flexibility index (Phi) is 3.59. The van der Waals surface area contributed by atoms with Crippen molar-refractivity contribution in [2.75, 3.05) is 0 Å². The van der Waals surface area contributed by atoms with Crippen LogP contribution in [0.2, 0.25) is 0 Å². The van der Waals surface area contributed by atoms with Crippen molar-refractivity contribution in [2.24, 2.45) is 0 Å². The van der Waals surface area contributed by atoms with Gasteiger partial charge < -0.3 is 9.73 Å². The van der Waals surface area contributed by atoms with Gasteiger partial charge in [0.25, 0.3) is 0 Å². The molecule has 1 heterocycles. The van der Waals surface area contributed by atoms with Crippen molar-refractivity contribution in [3.8, 4) is 0 Å². The van der Waals surface area contributed by atoms with Crippen molar-refractivity contribution in [1.82, 2.24) is 5.32 Å². The van der Waals surface area contributed by atoms with Crippen molar-refractivity contribution in [3.05, 3.63) is 59.3 Å². The number of nitrogens with one attached hydrogen (secondary N) is 1. The van der Waals surface area contributed by atoms with Crippen LogP contribution >= 0.6 is 0 Å². The Balaban J connectivity index is 1.98. The third kappa shape index (κ3) is 2.94. The number of benzene rings is 1. The Labute approximate surface area is 100 Å². The van der Waals surface area contributed by atoms with Crippen molar-refractivity contribution >= 4 is 0 Å². The Morgan fingerprint density at radius 1 is 1.24 bits per heavy atom. The molecule has 0 saturated heterocycles. The lowest BCUT2D eigenvalue weighted by Crippen LogP contribution is -2.18. The number of hydrogen-bond acceptors (Lipinski definition) is 2. The van der Waals surface area contributed by atoms with Gasteiger partial charge in [0.05, 0.1) is 6.54 Å². The molecule has 0 spiro atoms. The Hall–Kier alpha value is -1.61. The molecule has 1 atom stereocenters. The molecule has 3 heteroatoms. The van der Waals surface area contributed by atoms with E-state index in [4.69, 9.17) is 4.42 Å². The summed E-state index contributed by atoms with van der Waals surface area (Å²) in [5.74, 6) is 1.58. The minimum absolute atomic E-state index is 0.0402. The third-order valence-electron chi connectivity index (χ3n) is 2.75. The van der Waals surface area contributed by atoms with Crippen molar-refractivity contribution in [1.29, 1.82) is 0 Å². The van der Waals surface area contributed by atoms with Gasteiger partial charge in [-0.3, -0.25) is 0 Å². The van der Waals surface area contributed by atoms with Crippen molar-refractivity contribution < 1.29 is 8.81 Å². The number of aryl methyl sites for hydroxylation is 1. The van der Waals surface area contributed by atoms with Crippen molar-refractivity contribution in [2.45, 2.75) is 26.4 Å². The molecule has 0 fully saturated rings. The lowest BCUT2D eigenvalue weighted by Gasteiger charge is -2.13. The van der Waals surface area contributed by atoms with Crippen molar-refractivity contribution in [3.63, 3.8) is 0 Å². The van der Waals surface area contributed by atoms with E-state index >= 15 is 0 Å². The quantitative estimate of drug-likeness (QED) is 0.873. The van der Waals surface area contributed by atoms with Gasteiger partial charge in [-0.25, -0.2) is 4.39 Å². The molecule has 2 nitrogen and oxygen atoms in total. The molecular weight excluding hydrogens is 217 g/mol. The van der Waals surface area contributed by atoms with Crippen LogP contribution in [0.1, 0.15) is 30.0 Å². The average molecular weight is 233 g/mol. The molecule has 1 aromatic heterocycles. The van der Waals surface area contributed by atoms with Gasteiger partial charge in [-0.2, -0.15) is 0 Å². The van der Waals surface area contributed by atoms with Gasteiger partial charge in [0, 0.05) is 11.6 Å². The maximum atomic E-state index is 13.5. The molecule has 2 aromatic rings. The van der Waals surface area contributed by atoms with Crippen LogP contribution < -0.4 is 5.32 Å². The van der Waals surface area contributed by atoms with E-state index in [0.717, 1.165) is 11.5 Å². The van der Waals surface area contributed by atoms with Gasteiger partial charge in [-0.05, 0) is 32.0 Å². The zero-order valence-corrected chi connectivity index (χ0v) is 10.0. The molecule has 1 N–H and O–H groups in total. The van der Waals surface area contributed by atoms with Gasteiger partial charge in [-0.1, -0.05) is 18.2 Å². The maximum Gasteiger partial charge on any atom is 0.127 e. The second-order valence-electron chi connectivity index (χ2n) is 4.14. The molecule has 0 bridgehead atoms. The number of halogens is 1. The first-order chi connectivity index (χ1) is 8.16. The fourth-order valence-electron chi connectivity index (χ4n) is 1.77. The largest absolute Gasteiger partial charge is 0.465 e. The summed E-state index contributed by atoms with van der Waals surface area (Å²) in [6.07, 6.45) is 0. The van der Waals surface area contributed by atoms with Crippen LogP contribution in [0.25, 0.3) is 0 Å². The Morgan fingerprint density at radius 3 is 2.65 bits per heavy atom. The average Bonchev–Trinajstić information content (AvgIpc) is 2.73. The molecular formula is C14H16FNO. The standard InChI is InChI=1S/C14H16FNO/c1-10-7-8-12(17-10)9-16-11(2)13-5-3-4-6-14(13)15/h3-8,11,16H,9H2,1-2H3. The minimum Gasteiger partial charge on any atom is -0.465 e. The Bertz CT molecular complexity index is 492. The molecule has 0 amide bonds. The topological polar surface area (TPSA) is 25.2 Å². The molecule has 90 valence electrons. The lowest BCUT2D eigenvalue weighted by atomic mass is 10.1. The van der Waals surface area contributed by atoms with E-state index in [2.05, 4.69) is 5.32 Å². The monoisotopic (exact) mass is 233 g/mol. The van der Waals surface area contributed by atoms with E-state index in [1.807, 2.05) is 32.0 Å². The summed E-state index contributed by atoms with van der Waals surface area (Å²) < 4.78 is 19.0. The first-order valence-electron chi connectivity index (χ1n) is 5.70. The summed E-state index contributed by atoms with van der Waals surface area (Å²) in [5.41, 5.74) is 0.677. The van der Waals surface area contributed by atoms with E-state index in [1.54, 1.807) is 12.1 Å². The summed E-state index contributed by atoms with van der Waals surface area (Å²) in [5, 5.41) is 3.24. The SMILES string of the molecule is Cc1ccc(CNC(C)c2ccccc2F)o1. The number of hydrogen-bond donors (Lipinski definition) is 1. The summed E-state index contributed by atoms with van der Waals surface area (Å²) >= 11 is 0. The normalized spacial score (nSPS) is 12.6. The predicted octanol–water partition coefficient (Wildman–Crippen LogP) is 3.58. The first kappa shape index (κ1) is 11.9. The van der Waals surface area contributed by atoms with Gasteiger partial charge in [-0.15, -0.1) is 0 Å². The second-order valence-corrected chi connectivity index (χ2v) is 4.14.